The van der Waals surface area contributed by atoms with Crippen molar-refractivity contribution in [1.29, 1.82) is 0 Å². The van der Waals surface area contributed by atoms with Crippen molar-refractivity contribution in [2.75, 3.05) is 13.7 Å². The van der Waals surface area contributed by atoms with Crippen molar-refractivity contribution < 1.29 is 14.3 Å². The summed E-state index contributed by atoms with van der Waals surface area (Å²) < 4.78 is 4.36. The second-order valence-electron chi connectivity index (χ2n) is 2.60. The van der Waals surface area contributed by atoms with Crippen LogP contribution >= 0.6 is 12.6 Å². The zero-order valence-corrected chi connectivity index (χ0v) is 8.77. The number of nitrogens with one attached hydrogen (secondary N) is 1. The number of hydrogen-bond acceptors (Lipinski definition) is 4. The predicted molar refractivity (Wildman–Crippen MR) is 52.7 cm³/mol. The number of carbonyl (C=O) groups excluding carboxylic acids is 2. The first-order chi connectivity index (χ1) is 6.11. The summed E-state index contributed by atoms with van der Waals surface area (Å²) >= 11 is 4.07. The van der Waals surface area contributed by atoms with E-state index < -0.39 is 5.97 Å². The van der Waals surface area contributed by atoms with Crippen LogP contribution in [0.2, 0.25) is 0 Å². The van der Waals surface area contributed by atoms with Crippen LogP contribution in [-0.4, -0.2) is 30.8 Å². The molecule has 0 aliphatic heterocycles. The summed E-state index contributed by atoms with van der Waals surface area (Å²) in [6.07, 6.45) is 1.59. The average molecular weight is 205 g/mol. The van der Waals surface area contributed by atoms with Gasteiger partial charge in [0.05, 0.1) is 12.4 Å². The van der Waals surface area contributed by atoms with Gasteiger partial charge in [-0.1, -0.05) is 13.3 Å². The normalized spacial score (nSPS) is 11.9. The third kappa shape index (κ3) is 5.52. The maximum absolute atomic E-state index is 11.2. The van der Waals surface area contributed by atoms with E-state index >= 15 is 0 Å². The first-order valence-electron chi connectivity index (χ1n) is 4.14. The van der Waals surface area contributed by atoms with E-state index in [2.05, 4.69) is 22.7 Å². The summed E-state index contributed by atoms with van der Waals surface area (Å²) in [6, 6.07) is 0. The Labute approximate surface area is 83.4 Å². The van der Waals surface area contributed by atoms with Crippen molar-refractivity contribution in [3.8, 4) is 0 Å². The van der Waals surface area contributed by atoms with Crippen LogP contribution < -0.4 is 5.32 Å². The topological polar surface area (TPSA) is 55.4 Å². The SMILES string of the molecule is CCCC(S)C(=O)NCC(=O)OC. The molecule has 0 aliphatic rings. The molecule has 0 bridgehead atoms. The van der Waals surface area contributed by atoms with Gasteiger partial charge in [0.2, 0.25) is 5.91 Å². The second-order valence-corrected chi connectivity index (χ2v) is 3.22. The van der Waals surface area contributed by atoms with E-state index in [1.165, 1.54) is 7.11 Å². The fourth-order valence-corrected chi connectivity index (χ4v) is 1.10. The largest absolute Gasteiger partial charge is 0.468 e. The minimum absolute atomic E-state index is 0.0872. The van der Waals surface area contributed by atoms with Gasteiger partial charge in [-0.05, 0) is 6.42 Å². The van der Waals surface area contributed by atoms with Gasteiger partial charge in [0, 0.05) is 0 Å². The van der Waals surface area contributed by atoms with Crippen LogP contribution in [0, 0.1) is 0 Å². The summed E-state index contributed by atoms with van der Waals surface area (Å²) in [5, 5.41) is 2.09. The Hall–Kier alpha value is -0.710. The van der Waals surface area contributed by atoms with Gasteiger partial charge in [-0.25, -0.2) is 0 Å². The molecule has 1 amide bonds. The van der Waals surface area contributed by atoms with E-state index in [0.717, 1.165) is 6.42 Å². The highest BCUT2D eigenvalue weighted by molar-refractivity contribution is 7.81. The van der Waals surface area contributed by atoms with E-state index in [1.54, 1.807) is 0 Å². The zero-order valence-electron chi connectivity index (χ0n) is 7.87. The molecule has 76 valence electrons. The number of rotatable bonds is 5. The van der Waals surface area contributed by atoms with Crippen molar-refractivity contribution in [2.45, 2.75) is 25.0 Å². The van der Waals surface area contributed by atoms with Gasteiger partial charge in [-0.2, -0.15) is 12.6 Å². The van der Waals surface area contributed by atoms with Crippen LogP contribution in [0.15, 0.2) is 0 Å². The standard InChI is InChI=1S/C8H15NO3S/c1-3-4-6(13)8(11)9-5-7(10)12-2/h6,13H,3-5H2,1-2H3,(H,9,11). The van der Waals surface area contributed by atoms with E-state index in [1.807, 2.05) is 6.92 Å². The van der Waals surface area contributed by atoms with Crippen LogP contribution in [-0.2, 0) is 14.3 Å². The van der Waals surface area contributed by atoms with Crippen molar-refractivity contribution >= 4 is 24.5 Å². The molecule has 0 heterocycles. The molecule has 1 unspecified atom stereocenters. The summed E-state index contributed by atoms with van der Waals surface area (Å²) in [7, 11) is 1.28. The molecule has 1 atom stereocenters. The third-order valence-corrected chi connectivity index (χ3v) is 1.99. The van der Waals surface area contributed by atoms with E-state index in [0.29, 0.717) is 6.42 Å². The van der Waals surface area contributed by atoms with Gasteiger partial charge in [-0.15, -0.1) is 0 Å². The lowest BCUT2D eigenvalue weighted by molar-refractivity contribution is -0.141. The molecule has 1 N–H and O–H groups in total. The van der Waals surface area contributed by atoms with Crippen molar-refractivity contribution in [3.05, 3.63) is 0 Å². The molecule has 4 nitrogen and oxygen atoms in total. The summed E-state index contributed by atoms with van der Waals surface area (Å²) in [5.41, 5.74) is 0. The number of hydrogen-bond donors (Lipinski definition) is 2. The van der Waals surface area contributed by atoms with E-state index in [9.17, 15) is 9.59 Å². The molecule has 0 saturated carbocycles. The van der Waals surface area contributed by atoms with Crippen LogP contribution in [0.3, 0.4) is 0 Å². The number of carbonyl (C=O) groups is 2. The van der Waals surface area contributed by atoms with Gasteiger partial charge in [0.1, 0.15) is 6.54 Å². The maximum atomic E-state index is 11.2. The van der Waals surface area contributed by atoms with E-state index in [-0.39, 0.29) is 17.7 Å². The fraction of sp³-hybridized carbons (Fsp3) is 0.750. The summed E-state index contributed by atoms with van der Waals surface area (Å²) in [6.45, 7) is 1.88. The van der Waals surface area contributed by atoms with E-state index in [4.69, 9.17) is 0 Å². The van der Waals surface area contributed by atoms with Gasteiger partial charge in [0.25, 0.3) is 0 Å². The van der Waals surface area contributed by atoms with Crippen LogP contribution in [0.5, 0.6) is 0 Å². The minimum Gasteiger partial charge on any atom is -0.468 e. The molecular formula is C8H15NO3S. The average Bonchev–Trinajstić information content (AvgIpc) is 2.13. The predicted octanol–water partition coefficient (Wildman–Crippen LogP) is 0.374. The Morgan fingerprint density at radius 1 is 1.54 bits per heavy atom. The molecule has 0 aromatic carbocycles. The lowest BCUT2D eigenvalue weighted by Gasteiger charge is -2.08. The lowest BCUT2D eigenvalue weighted by atomic mass is 10.2. The molecule has 13 heavy (non-hydrogen) atoms. The number of ether oxygens (including phenoxy) is 1. The molecule has 0 saturated heterocycles. The Morgan fingerprint density at radius 2 is 2.15 bits per heavy atom. The summed E-state index contributed by atoms with van der Waals surface area (Å²) in [5.74, 6) is -0.680. The maximum Gasteiger partial charge on any atom is 0.325 e. The van der Waals surface area contributed by atoms with Crippen LogP contribution in [0.1, 0.15) is 19.8 Å². The summed E-state index contributed by atoms with van der Waals surface area (Å²) in [4.78, 5) is 21.8. The molecule has 0 aromatic heterocycles. The Kier molecular flexibility index (Phi) is 6.40. The van der Waals surface area contributed by atoms with Gasteiger partial charge in [0.15, 0.2) is 0 Å². The highest BCUT2D eigenvalue weighted by atomic mass is 32.1. The molecule has 0 fully saturated rings. The zero-order chi connectivity index (χ0) is 10.3. The fourth-order valence-electron chi connectivity index (χ4n) is 0.754. The van der Waals surface area contributed by atoms with Crippen LogP contribution in [0.4, 0.5) is 0 Å². The molecule has 5 heteroatoms. The van der Waals surface area contributed by atoms with Gasteiger partial charge in [-0.3, -0.25) is 9.59 Å². The van der Waals surface area contributed by atoms with Crippen molar-refractivity contribution in [2.24, 2.45) is 0 Å². The van der Waals surface area contributed by atoms with Gasteiger partial charge < -0.3 is 10.1 Å². The Morgan fingerprint density at radius 3 is 2.62 bits per heavy atom. The molecule has 0 aliphatic carbocycles. The highest BCUT2D eigenvalue weighted by Crippen LogP contribution is 2.03. The monoisotopic (exact) mass is 205 g/mol. The number of esters is 1. The number of thiol groups is 1. The first-order valence-corrected chi connectivity index (χ1v) is 4.66. The van der Waals surface area contributed by atoms with Crippen LogP contribution in [0.25, 0.3) is 0 Å². The van der Waals surface area contributed by atoms with Gasteiger partial charge >= 0.3 is 5.97 Å². The first kappa shape index (κ1) is 12.3. The van der Waals surface area contributed by atoms with Crippen molar-refractivity contribution in [1.82, 2.24) is 5.32 Å². The van der Waals surface area contributed by atoms with Crippen molar-refractivity contribution in [3.63, 3.8) is 0 Å². The molecular weight excluding hydrogens is 190 g/mol. The molecule has 0 rings (SSSR count). The smallest absolute Gasteiger partial charge is 0.325 e. The third-order valence-electron chi connectivity index (χ3n) is 1.50. The lowest BCUT2D eigenvalue weighted by Crippen LogP contribution is -2.35. The quantitative estimate of drug-likeness (QED) is 0.504. The Bertz CT molecular complexity index is 184. The minimum atomic E-state index is -0.453. The number of amides is 1. The molecule has 0 spiro atoms. The Balaban J connectivity index is 3.67. The molecule has 0 radical (unpaired) electrons. The number of methoxy groups -OCH3 is 1. The highest BCUT2D eigenvalue weighted by Gasteiger charge is 2.13. The second kappa shape index (κ2) is 6.77. The molecule has 0 aromatic rings.